The van der Waals surface area contributed by atoms with E-state index in [9.17, 15) is 27.4 Å². The van der Waals surface area contributed by atoms with Gasteiger partial charge in [-0.1, -0.05) is 91.0 Å². The summed E-state index contributed by atoms with van der Waals surface area (Å²) in [6.07, 6.45) is 8.15. The van der Waals surface area contributed by atoms with Gasteiger partial charge in [0.15, 0.2) is 0 Å². The summed E-state index contributed by atoms with van der Waals surface area (Å²) in [5.74, 6) is -0.795. The molecule has 76 heavy (non-hydrogen) atoms. The topological polar surface area (TPSA) is 154 Å². The summed E-state index contributed by atoms with van der Waals surface area (Å²) in [7, 11) is -2.64. The van der Waals surface area contributed by atoms with Crippen molar-refractivity contribution >= 4 is 56.9 Å². The predicted molar refractivity (Wildman–Crippen MR) is 296 cm³/mol. The van der Waals surface area contributed by atoms with E-state index in [0.29, 0.717) is 22.6 Å². The molecule has 15 heteroatoms. The minimum atomic E-state index is -4.38. The number of benzene rings is 6. The van der Waals surface area contributed by atoms with Crippen molar-refractivity contribution in [3.05, 3.63) is 136 Å². The molecule has 3 amide bonds. The summed E-state index contributed by atoms with van der Waals surface area (Å²) >= 11 is 1.36. The number of hydroxylamine groups is 2. The fourth-order valence-electron chi connectivity index (χ4n) is 12.8. The molecule has 6 heterocycles. The van der Waals surface area contributed by atoms with Gasteiger partial charge in [0.05, 0.1) is 11.3 Å². The maximum atomic E-state index is 16.6. The summed E-state index contributed by atoms with van der Waals surface area (Å²) in [5.41, 5.74) is 16.5. The van der Waals surface area contributed by atoms with Crippen molar-refractivity contribution in [2.24, 2.45) is 0 Å². The number of fused-ring (bicyclic) bond motifs is 4. The quantitative estimate of drug-likeness (QED) is 0.0626. The van der Waals surface area contributed by atoms with Crippen LogP contribution < -0.4 is 14.5 Å². The highest BCUT2D eigenvalue weighted by atomic mass is 32.2. The van der Waals surface area contributed by atoms with Gasteiger partial charge in [0, 0.05) is 132 Å². The molecule has 6 aliphatic rings. The number of rotatable bonds is 14. The van der Waals surface area contributed by atoms with Gasteiger partial charge < -0.3 is 24.3 Å². The summed E-state index contributed by atoms with van der Waals surface area (Å²) in [6.45, 7) is 3.99. The molecule has 0 aliphatic carbocycles. The van der Waals surface area contributed by atoms with Gasteiger partial charge in [-0.15, -0.1) is 16.8 Å². The highest BCUT2D eigenvalue weighted by molar-refractivity contribution is 8.00. The van der Waals surface area contributed by atoms with Crippen LogP contribution >= 0.6 is 11.8 Å². The second kappa shape index (κ2) is 20.5. The fraction of sp³-hybridized carbons (Fsp3) is 0.344. The predicted octanol–water partition coefficient (Wildman–Crippen LogP) is 10.9. The molecule has 1 N–H and O–H groups in total. The van der Waals surface area contributed by atoms with Gasteiger partial charge in [-0.2, -0.15) is 8.42 Å². The van der Waals surface area contributed by atoms with E-state index in [1.54, 1.807) is 11.9 Å². The third-order valence-electron chi connectivity index (χ3n) is 16.0. The Kier molecular flexibility index (Phi) is 13.5. The van der Waals surface area contributed by atoms with Crippen LogP contribution in [0.5, 0.6) is 11.5 Å². The zero-order valence-corrected chi connectivity index (χ0v) is 44.3. The van der Waals surface area contributed by atoms with Gasteiger partial charge in [-0.25, -0.2) is 4.79 Å². The van der Waals surface area contributed by atoms with Crippen LogP contribution in [0.3, 0.4) is 0 Å². The lowest BCUT2D eigenvalue weighted by molar-refractivity contribution is -0.197. The minimum absolute atomic E-state index is 0.0171. The Morgan fingerprint density at radius 1 is 0.645 bits per heavy atom. The highest BCUT2D eigenvalue weighted by Crippen LogP contribution is 2.60. The Labute approximate surface area is 447 Å². The smallest absolute Gasteiger partial charge is 0.333 e. The van der Waals surface area contributed by atoms with Crippen LogP contribution in [0.1, 0.15) is 95.1 Å². The average molecular weight is 1060 g/mol. The van der Waals surface area contributed by atoms with Crippen molar-refractivity contribution < 1.29 is 41.7 Å². The van der Waals surface area contributed by atoms with Crippen molar-refractivity contribution in [2.75, 3.05) is 61.1 Å². The maximum Gasteiger partial charge on any atom is 0.333 e. The summed E-state index contributed by atoms with van der Waals surface area (Å²) in [5, 5.41) is 0.551. The molecule has 0 atom stereocenters. The normalized spacial score (nSPS) is 16.4. The van der Waals surface area contributed by atoms with Crippen molar-refractivity contribution in [1.29, 1.82) is 0 Å². The molecule has 0 radical (unpaired) electrons. The Morgan fingerprint density at radius 2 is 1.18 bits per heavy atom. The molecule has 1 saturated heterocycles. The molecule has 0 saturated carbocycles. The molecule has 0 aromatic heterocycles. The lowest BCUT2D eigenvalue weighted by Crippen LogP contribution is -2.36. The van der Waals surface area contributed by atoms with Crippen LogP contribution in [0.15, 0.2) is 102 Å². The Bertz CT molecular complexity index is 3440. The Balaban J connectivity index is 1.16. The fourth-order valence-corrected chi connectivity index (χ4v) is 14.9. The lowest BCUT2D eigenvalue weighted by atomic mass is 9.74. The molecule has 0 spiro atoms. The molecule has 1 fully saturated rings. The second-order valence-electron chi connectivity index (χ2n) is 20.8. The van der Waals surface area contributed by atoms with Crippen LogP contribution in [0.4, 0.5) is 11.4 Å². The number of anilines is 2. The molecule has 390 valence electrons. The second-order valence-corrected chi connectivity index (χ2v) is 23.5. The SMILES string of the molecule is CN(CCCC(=O)ON1C(=O)CCC1=O)C(=O)c1c(-c2ccccc2)c(-c2ccccc2)c(SCCS(=O)(=O)O)c(-c2ccccc2)c1-c1c2c(c3c4c1CCCN4CCC3)Oc1c(cc3c4c1CCCN4CCC3)C2. The number of nitrogens with zero attached hydrogens (tertiary/aromatic N) is 4. The molecule has 6 aliphatic heterocycles. The van der Waals surface area contributed by atoms with Crippen molar-refractivity contribution in [3.8, 4) is 56.0 Å². The van der Waals surface area contributed by atoms with Crippen LogP contribution in [-0.4, -0.2) is 97.9 Å². The molecule has 0 unspecified atom stereocenters. The Hall–Kier alpha value is -6.94. The van der Waals surface area contributed by atoms with E-state index in [0.717, 1.165) is 144 Å². The number of thioether (sulfide) groups is 1. The van der Waals surface area contributed by atoms with E-state index < -0.39 is 33.7 Å². The van der Waals surface area contributed by atoms with E-state index in [1.165, 1.54) is 45.4 Å². The zero-order valence-electron chi connectivity index (χ0n) is 42.7. The number of aryl methyl sites for hydroxylation is 1. The Morgan fingerprint density at radius 3 is 1.79 bits per heavy atom. The van der Waals surface area contributed by atoms with Crippen molar-refractivity contribution in [3.63, 3.8) is 0 Å². The van der Waals surface area contributed by atoms with Gasteiger partial charge in [0.25, 0.3) is 27.8 Å². The van der Waals surface area contributed by atoms with Gasteiger partial charge in [-0.05, 0) is 97.2 Å². The third-order valence-corrected chi connectivity index (χ3v) is 18.1. The van der Waals surface area contributed by atoms with E-state index >= 15 is 4.79 Å². The maximum absolute atomic E-state index is 16.6. The summed E-state index contributed by atoms with van der Waals surface area (Å²) < 4.78 is 43.2. The molecule has 6 aromatic rings. The van der Waals surface area contributed by atoms with E-state index in [4.69, 9.17) is 9.57 Å². The number of carbonyl (C=O) groups is 4. The highest BCUT2D eigenvalue weighted by Gasteiger charge is 2.42. The third kappa shape index (κ3) is 9.13. The summed E-state index contributed by atoms with van der Waals surface area (Å²) in [4.78, 5) is 67.2. The molecule has 13 nitrogen and oxygen atoms in total. The van der Waals surface area contributed by atoms with Gasteiger partial charge in [-0.3, -0.25) is 18.9 Å². The average Bonchev–Trinajstić information content (AvgIpc) is 3.89. The van der Waals surface area contributed by atoms with Gasteiger partial charge >= 0.3 is 5.97 Å². The summed E-state index contributed by atoms with van der Waals surface area (Å²) in [6, 6.07) is 32.2. The molecule has 0 bridgehead atoms. The number of hydrogen-bond donors (Lipinski definition) is 1. The first kappa shape index (κ1) is 49.9. The molecule has 6 aromatic carbocycles. The largest absolute Gasteiger partial charge is 0.456 e. The molecular weight excluding hydrogens is 997 g/mol. The molecule has 12 rings (SSSR count). The number of hydrogen-bond acceptors (Lipinski definition) is 11. The standard InChI is InChI=1S/C61H60N4O9S2/c1-62(29-15-26-49(68)74-65-47(66)27-28-48(65)67)61(69)55-50(38-16-5-2-6-17-38)51(39-18-7-3-8-19-39)60(75-34-35-76(70,71)72)52(40-20-9-4-10-21-40)54(55)53-43-23-12-32-64-33-14-25-45(57(43)64)59-46(53)37-42-36-41-22-11-30-63-31-13-24-44(56(41)63)58(42)73-59/h2-10,16-21,36H,11-15,22-35,37H2,1H3,(H,70,71,72). The molecular formula is C61H60N4O9S2. The van der Waals surface area contributed by atoms with Crippen LogP contribution in [0.25, 0.3) is 44.5 Å². The van der Waals surface area contributed by atoms with E-state index in [1.807, 2.05) is 78.9 Å². The zero-order chi connectivity index (χ0) is 52.2. The first-order valence-corrected chi connectivity index (χ1v) is 29.4. The first-order chi connectivity index (χ1) is 36.9. The first-order valence-electron chi connectivity index (χ1n) is 26.8. The number of carbonyl (C=O) groups excluding carboxylic acids is 4. The number of ether oxygens (including phenoxy) is 1. The monoisotopic (exact) mass is 1060 g/mol. The van der Waals surface area contributed by atoms with E-state index in [2.05, 4.69) is 28.0 Å². The lowest BCUT2D eigenvalue weighted by Gasteiger charge is -2.43. The van der Waals surface area contributed by atoms with Crippen LogP contribution in [0.2, 0.25) is 0 Å². The number of amides is 3. The van der Waals surface area contributed by atoms with E-state index in [-0.39, 0.29) is 43.9 Å². The van der Waals surface area contributed by atoms with Gasteiger partial charge in [0.2, 0.25) is 0 Å². The van der Waals surface area contributed by atoms with Crippen molar-refractivity contribution in [2.45, 2.75) is 88.4 Å². The minimum Gasteiger partial charge on any atom is -0.456 e. The van der Waals surface area contributed by atoms with Crippen LogP contribution in [-0.2, 0) is 61.4 Å². The number of imide groups is 1. The van der Waals surface area contributed by atoms with Gasteiger partial charge in [0.1, 0.15) is 11.5 Å². The van der Waals surface area contributed by atoms with Crippen molar-refractivity contribution in [1.82, 2.24) is 9.96 Å². The van der Waals surface area contributed by atoms with Crippen LogP contribution in [0, 0.1) is 0 Å².